The van der Waals surface area contributed by atoms with E-state index < -0.39 is 0 Å². The van der Waals surface area contributed by atoms with E-state index in [0.29, 0.717) is 26.4 Å². The monoisotopic (exact) mass is 232 g/mol. The lowest BCUT2D eigenvalue weighted by atomic mass is 10.3. The van der Waals surface area contributed by atoms with Gasteiger partial charge < -0.3 is 20.9 Å². The zero-order chi connectivity index (χ0) is 12.2. The van der Waals surface area contributed by atoms with Crippen LogP contribution in [0.4, 0.5) is 0 Å². The quantitative estimate of drug-likeness (QED) is 0.471. The average molecular weight is 232 g/mol. The van der Waals surface area contributed by atoms with Crippen LogP contribution in [0, 0.1) is 0 Å². The summed E-state index contributed by atoms with van der Waals surface area (Å²) in [6.07, 6.45) is 2.23. The minimum Gasteiger partial charge on any atom is -0.381 e. The van der Waals surface area contributed by atoms with Crippen LogP contribution in [0.2, 0.25) is 0 Å². The van der Waals surface area contributed by atoms with Crippen LogP contribution in [0.5, 0.6) is 0 Å². The second kappa shape index (κ2) is 10.4. The molecule has 6 nitrogen and oxygen atoms in total. The molecule has 0 aliphatic rings. The van der Waals surface area contributed by atoms with E-state index in [0.717, 1.165) is 12.8 Å². The minimum atomic E-state index is -0.352. The molecule has 0 saturated carbocycles. The summed E-state index contributed by atoms with van der Waals surface area (Å²) in [6.45, 7) is 1.93. The number of hydrogen-bond acceptors (Lipinski definition) is 4. The van der Waals surface area contributed by atoms with Crippen LogP contribution in [0.15, 0.2) is 0 Å². The van der Waals surface area contributed by atoms with Gasteiger partial charge in [0.25, 0.3) is 0 Å². The first-order valence-electron chi connectivity index (χ1n) is 5.35. The van der Waals surface area contributed by atoms with Crippen molar-refractivity contribution in [1.82, 2.24) is 0 Å². The van der Waals surface area contributed by atoms with Crippen LogP contribution in [0.3, 0.4) is 0 Å². The van der Waals surface area contributed by atoms with Crippen molar-refractivity contribution >= 4 is 11.8 Å². The Kier molecular flexibility index (Phi) is 9.64. The van der Waals surface area contributed by atoms with Gasteiger partial charge in [-0.15, -0.1) is 0 Å². The first-order chi connectivity index (χ1) is 7.63. The second-order valence-electron chi connectivity index (χ2n) is 3.36. The van der Waals surface area contributed by atoms with Crippen molar-refractivity contribution in [2.24, 2.45) is 11.5 Å². The van der Waals surface area contributed by atoms with Gasteiger partial charge in [0.15, 0.2) is 0 Å². The van der Waals surface area contributed by atoms with Crippen LogP contribution >= 0.6 is 0 Å². The molecule has 0 spiro atoms. The molecule has 0 aromatic rings. The van der Waals surface area contributed by atoms with Crippen LogP contribution in [0.1, 0.15) is 25.7 Å². The molecule has 0 radical (unpaired) electrons. The van der Waals surface area contributed by atoms with Gasteiger partial charge in [0.05, 0.1) is 13.2 Å². The molecule has 0 saturated heterocycles. The summed E-state index contributed by atoms with van der Waals surface area (Å²) >= 11 is 0. The number of carbonyl (C=O) groups excluding carboxylic acids is 2. The third-order valence-electron chi connectivity index (χ3n) is 1.81. The van der Waals surface area contributed by atoms with E-state index in [-0.39, 0.29) is 24.7 Å². The van der Waals surface area contributed by atoms with Gasteiger partial charge in [-0.25, -0.2) is 0 Å². The van der Waals surface area contributed by atoms with Gasteiger partial charge in [0, 0.05) is 26.1 Å². The topological polar surface area (TPSA) is 105 Å². The number of rotatable bonds is 11. The molecule has 4 N–H and O–H groups in total. The Balaban J connectivity index is 2.98. The number of hydrogen-bond donors (Lipinski definition) is 2. The first-order valence-corrected chi connectivity index (χ1v) is 5.35. The van der Waals surface area contributed by atoms with Crippen molar-refractivity contribution in [3.8, 4) is 0 Å². The lowest BCUT2D eigenvalue weighted by molar-refractivity contribution is -0.120. The number of unbranched alkanes of at least 4 members (excludes halogenated alkanes) is 1. The van der Waals surface area contributed by atoms with Gasteiger partial charge in [0.2, 0.25) is 11.8 Å². The standard InChI is InChI=1S/C10H20N2O4/c11-9(13)3-7-15-5-1-2-6-16-8-4-10(12)14/h1-8H2,(H2,11,13)(H2,12,14). The van der Waals surface area contributed by atoms with E-state index in [4.69, 9.17) is 20.9 Å². The lowest BCUT2D eigenvalue weighted by Gasteiger charge is -2.04. The molecule has 94 valence electrons. The van der Waals surface area contributed by atoms with Crippen molar-refractivity contribution in [2.45, 2.75) is 25.7 Å². The number of carbonyl (C=O) groups is 2. The Morgan fingerprint density at radius 2 is 1.12 bits per heavy atom. The highest BCUT2D eigenvalue weighted by molar-refractivity contribution is 5.74. The molecule has 0 heterocycles. The highest BCUT2D eigenvalue weighted by Crippen LogP contribution is 1.93. The Morgan fingerprint density at radius 1 is 0.750 bits per heavy atom. The van der Waals surface area contributed by atoms with Crippen LogP contribution in [-0.4, -0.2) is 38.2 Å². The highest BCUT2D eigenvalue weighted by Gasteiger charge is 1.96. The fourth-order valence-corrected chi connectivity index (χ4v) is 0.958. The maximum atomic E-state index is 10.3. The Morgan fingerprint density at radius 3 is 1.44 bits per heavy atom. The fraction of sp³-hybridized carbons (Fsp3) is 0.800. The number of nitrogens with two attached hydrogens (primary N) is 2. The van der Waals surface area contributed by atoms with E-state index in [2.05, 4.69) is 0 Å². The molecule has 0 bridgehead atoms. The summed E-state index contributed by atoms with van der Waals surface area (Å²) in [4.78, 5) is 20.7. The van der Waals surface area contributed by atoms with E-state index in [1.165, 1.54) is 0 Å². The largest absolute Gasteiger partial charge is 0.381 e. The number of primary amides is 2. The van der Waals surface area contributed by atoms with Crippen molar-refractivity contribution in [2.75, 3.05) is 26.4 Å². The van der Waals surface area contributed by atoms with Gasteiger partial charge >= 0.3 is 0 Å². The third kappa shape index (κ3) is 12.9. The molecule has 2 amide bonds. The molecule has 0 unspecified atom stereocenters. The summed E-state index contributed by atoms with van der Waals surface area (Å²) in [7, 11) is 0. The van der Waals surface area contributed by atoms with Crippen molar-refractivity contribution < 1.29 is 19.1 Å². The van der Waals surface area contributed by atoms with Crippen molar-refractivity contribution in [3.63, 3.8) is 0 Å². The van der Waals surface area contributed by atoms with E-state index in [9.17, 15) is 9.59 Å². The molecule has 0 aromatic heterocycles. The SMILES string of the molecule is NC(=O)CCOCCCCOCCC(N)=O. The smallest absolute Gasteiger partial charge is 0.219 e. The minimum absolute atomic E-state index is 0.259. The predicted octanol–water partition coefficient (Wildman–Crippen LogP) is -0.449. The van der Waals surface area contributed by atoms with Gasteiger partial charge in [-0.05, 0) is 12.8 Å². The van der Waals surface area contributed by atoms with Gasteiger partial charge in [-0.3, -0.25) is 9.59 Å². The maximum absolute atomic E-state index is 10.3. The molecule has 0 aliphatic carbocycles. The molecule has 0 aromatic carbocycles. The van der Waals surface area contributed by atoms with Crippen LogP contribution < -0.4 is 11.5 Å². The Labute approximate surface area is 95.3 Å². The molecule has 0 rings (SSSR count). The van der Waals surface area contributed by atoms with E-state index >= 15 is 0 Å². The highest BCUT2D eigenvalue weighted by atomic mass is 16.5. The fourth-order valence-electron chi connectivity index (χ4n) is 0.958. The first kappa shape index (κ1) is 14.9. The summed E-state index contributed by atoms with van der Waals surface area (Å²) < 4.78 is 10.3. The summed E-state index contributed by atoms with van der Waals surface area (Å²) in [6, 6.07) is 0. The van der Waals surface area contributed by atoms with Gasteiger partial charge in [-0.1, -0.05) is 0 Å². The summed E-state index contributed by atoms with van der Waals surface area (Å²) in [5, 5.41) is 0. The van der Waals surface area contributed by atoms with Crippen LogP contribution in [0.25, 0.3) is 0 Å². The number of ether oxygens (including phenoxy) is 2. The molecular formula is C10H20N2O4. The van der Waals surface area contributed by atoms with E-state index in [1.54, 1.807) is 0 Å². The molecule has 6 heteroatoms. The van der Waals surface area contributed by atoms with Gasteiger partial charge in [-0.2, -0.15) is 0 Å². The Hall–Kier alpha value is -1.14. The van der Waals surface area contributed by atoms with Crippen molar-refractivity contribution in [3.05, 3.63) is 0 Å². The van der Waals surface area contributed by atoms with Crippen LogP contribution in [-0.2, 0) is 19.1 Å². The molecule has 0 atom stereocenters. The summed E-state index contributed by atoms with van der Waals surface area (Å²) in [5.74, 6) is -0.704. The normalized spacial score (nSPS) is 10.2. The predicted molar refractivity (Wildman–Crippen MR) is 58.5 cm³/mol. The molecule has 0 aliphatic heterocycles. The van der Waals surface area contributed by atoms with Crippen molar-refractivity contribution in [1.29, 1.82) is 0 Å². The molecular weight excluding hydrogens is 212 g/mol. The maximum Gasteiger partial charge on any atom is 0.219 e. The lowest BCUT2D eigenvalue weighted by Crippen LogP contribution is -2.14. The third-order valence-corrected chi connectivity index (χ3v) is 1.81. The number of amides is 2. The molecule has 0 fully saturated rings. The van der Waals surface area contributed by atoms with Gasteiger partial charge in [0.1, 0.15) is 0 Å². The average Bonchev–Trinajstić information content (AvgIpc) is 2.20. The Bertz CT molecular complexity index is 187. The van der Waals surface area contributed by atoms with E-state index in [1.807, 2.05) is 0 Å². The second-order valence-corrected chi connectivity index (χ2v) is 3.36. The summed E-state index contributed by atoms with van der Waals surface area (Å²) in [5.41, 5.74) is 9.87. The zero-order valence-electron chi connectivity index (χ0n) is 9.44. The molecule has 16 heavy (non-hydrogen) atoms. The zero-order valence-corrected chi connectivity index (χ0v) is 9.44.